The third kappa shape index (κ3) is 3.36. The highest BCUT2D eigenvalue weighted by atomic mass is 16.5. The van der Waals surface area contributed by atoms with Crippen molar-refractivity contribution in [3.63, 3.8) is 0 Å². The summed E-state index contributed by atoms with van der Waals surface area (Å²) in [5.74, 6) is 1.69. The molecule has 0 amide bonds. The number of methoxy groups -OCH3 is 2. The number of hydrogen-bond acceptors (Lipinski definition) is 4. The van der Waals surface area contributed by atoms with Crippen molar-refractivity contribution in [1.82, 2.24) is 15.5 Å². The van der Waals surface area contributed by atoms with Gasteiger partial charge in [-0.25, -0.2) is 0 Å². The fourth-order valence-corrected chi connectivity index (χ4v) is 2.38. The molecule has 1 aromatic heterocycles. The van der Waals surface area contributed by atoms with Crippen LogP contribution in [0.4, 0.5) is 0 Å². The average Bonchev–Trinajstić information content (AvgIpc) is 2.82. The Morgan fingerprint density at radius 1 is 1.24 bits per heavy atom. The van der Waals surface area contributed by atoms with E-state index in [0.29, 0.717) is 0 Å². The van der Waals surface area contributed by atoms with Crippen LogP contribution >= 0.6 is 0 Å². The minimum atomic E-state index is 0.142. The quantitative estimate of drug-likeness (QED) is 0.858. The second-order valence-corrected chi connectivity index (χ2v) is 5.12. The molecule has 2 N–H and O–H groups in total. The number of nitrogens with one attached hydrogen (secondary N) is 2. The number of H-pyrrole nitrogens is 1. The Morgan fingerprint density at radius 2 is 2.00 bits per heavy atom. The van der Waals surface area contributed by atoms with Gasteiger partial charge in [-0.15, -0.1) is 0 Å². The van der Waals surface area contributed by atoms with Gasteiger partial charge in [0.25, 0.3) is 0 Å². The predicted octanol–water partition coefficient (Wildman–Crippen LogP) is 2.89. The highest BCUT2D eigenvalue weighted by Gasteiger charge is 2.14. The van der Waals surface area contributed by atoms with Gasteiger partial charge in [0.2, 0.25) is 0 Å². The van der Waals surface area contributed by atoms with Gasteiger partial charge in [-0.3, -0.25) is 5.10 Å². The standard InChI is InChI=1S/C16H23N3O2/c1-10(17-9-15-11(2)18-19-12(15)3)14-8-13(20-4)6-7-16(14)21-5/h6-8,10,17H,9H2,1-5H3,(H,18,19). The average molecular weight is 289 g/mol. The molecule has 1 atom stereocenters. The molecule has 114 valence electrons. The van der Waals surface area contributed by atoms with Crippen molar-refractivity contribution >= 4 is 0 Å². The lowest BCUT2D eigenvalue weighted by molar-refractivity contribution is 0.391. The number of ether oxygens (including phenoxy) is 2. The monoisotopic (exact) mass is 289 g/mol. The van der Waals surface area contributed by atoms with Gasteiger partial charge in [0.1, 0.15) is 11.5 Å². The van der Waals surface area contributed by atoms with Crippen LogP contribution in [0.3, 0.4) is 0 Å². The second-order valence-electron chi connectivity index (χ2n) is 5.12. The van der Waals surface area contributed by atoms with E-state index in [2.05, 4.69) is 22.4 Å². The molecule has 2 aromatic rings. The van der Waals surface area contributed by atoms with E-state index in [-0.39, 0.29) is 6.04 Å². The molecule has 1 heterocycles. The van der Waals surface area contributed by atoms with E-state index in [9.17, 15) is 0 Å². The van der Waals surface area contributed by atoms with Gasteiger partial charge in [0, 0.05) is 29.4 Å². The summed E-state index contributed by atoms with van der Waals surface area (Å²) in [6.45, 7) is 6.92. The van der Waals surface area contributed by atoms with E-state index in [1.165, 1.54) is 5.56 Å². The van der Waals surface area contributed by atoms with Gasteiger partial charge in [0.05, 0.1) is 19.9 Å². The van der Waals surface area contributed by atoms with E-state index < -0.39 is 0 Å². The van der Waals surface area contributed by atoms with E-state index >= 15 is 0 Å². The van der Waals surface area contributed by atoms with Crippen LogP contribution < -0.4 is 14.8 Å². The van der Waals surface area contributed by atoms with Gasteiger partial charge in [-0.05, 0) is 39.0 Å². The molecule has 0 aliphatic carbocycles. The predicted molar refractivity (Wildman–Crippen MR) is 82.9 cm³/mol. The van der Waals surface area contributed by atoms with Crippen LogP contribution in [-0.2, 0) is 6.54 Å². The number of rotatable bonds is 6. The molecule has 2 rings (SSSR count). The maximum Gasteiger partial charge on any atom is 0.123 e. The van der Waals surface area contributed by atoms with Crippen molar-refractivity contribution in [1.29, 1.82) is 0 Å². The summed E-state index contributed by atoms with van der Waals surface area (Å²) in [6, 6.07) is 5.98. The Hall–Kier alpha value is -2.01. The Kier molecular flexibility index (Phi) is 4.85. The molecule has 5 heteroatoms. The van der Waals surface area contributed by atoms with Gasteiger partial charge >= 0.3 is 0 Å². The number of aryl methyl sites for hydroxylation is 2. The molecular formula is C16H23N3O2. The molecule has 0 radical (unpaired) electrons. The summed E-state index contributed by atoms with van der Waals surface area (Å²) in [6.07, 6.45) is 0. The summed E-state index contributed by atoms with van der Waals surface area (Å²) in [5.41, 5.74) is 4.42. The fourth-order valence-electron chi connectivity index (χ4n) is 2.38. The van der Waals surface area contributed by atoms with E-state index in [1.807, 2.05) is 32.0 Å². The molecule has 0 saturated heterocycles. The number of aromatic amines is 1. The lowest BCUT2D eigenvalue weighted by Crippen LogP contribution is -2.19. The SMILES string of the molecule is COc1ccc(OC)c(C(C)NCc2c(C)n[nH]c2C)c1. The van der Waals surface area contributed by atoms with Crippen LogP contribution in [0.2, 0.25) is 0 Å². The molecule has 0 saturated carbocycles. The first kappa shape index (κ1) is 15.4. The first-order chi connectivity index (χ1) is 10.1. The largest absolute Gasteiger partial charge is 0.497 e. The van der Waals surface area contributed by atoms with Gasteiger partial charge < -0.3 is 14.8 Å². The summed E-state index contributed by atoms with van der Waals surface area (Å²) < 4.78 is 10.7. The van der Waals surface area contributed by atoms with Crippen molar-refractivity contribution in [2.45, 2.75) is 33.4 Å². The third-order valence-corrected chi connectivity index (χ3v) is 3.77. The molecular weight excluding hydrogens is 266 g/mol. The third-order valence-electron chi connectivity index (χ3n) is 3.77. The van der Waals surface area contributed by atoms with Gasteiger partial charge in [-0.1, -0.05) is 0 Å². The Morgan fingerprint density at radius 3 is 2.57 bits per heavy atom. The van der Waals surface area contributed by atoms with Crippen molar-refractivity contribution in [3.8, 4) is 11.5 Å². The molecule has 0 bridgehead atoms. The molecule has 5 nitrogen and oxygen atoms in total. The van der Waals surface area contributed by atoms with Crippen molar-refractivity contribution in [2.24, 2.45) is 0 Å². The molecule has 0 aliphatic rings. The minimum Gasteiger partial charge on any atom is -0.497 e. The van der Waals surface area contributed by atoms with E-state index in [4.69, 9.17) is 9.47 Å². The molecule has 21 heavy (non-hydrogen) atoms. The zero-order valence-corrected chi connectivity index (χ0v) is 13.3. The molecule has 1 unspecified atom stereocenters. The minimum absolute atomic E-state index is 0.142. The lowest BCUT2D eigenvalue weighted by atomic mass is 10.1. The molecule has 0 aliphatic heterocycles. The second kappa shape index (κ2) is 6.63. The fraction of sp³-hybridized carbons (Fsp3) is 0.438. The number of hydrogen-bond donors (Lipinski definition) is 2. The zero-order valence-electron chi connectivity index (χ0n) is 13.3. The van der Waals surface area contributed by atoms with Gasteiger partial charge in [0.15, 0.2) is 0 Å². The molecule has 0 spiro atoms. The van der Waals surface area contributed by atoms with Crippen LogP contribution in [0.5, 0.6) is 11.5 Å². The smallest absolute Gasteiger partial charge is 0.123 e. The Bertz CT molecular complexity index is 588. The van der Waals surface area contributed by atoms with E-state index in [1.54, 1.807) is 14.2 Å². The van der Waals surface area contributed by atoms with Crippen LogP contribution in [-0.4, -0.2) is 24.4 Å². The maximum absolute atomic E-state index is 5.44. The van der Waals surface area contributed by atoms with Crippen LogP contribution in [0, 0.1) is 13.8 Å². The highest BCUT2D eigenvalue weighted by Crippen LogP contribution is 2.29. The van der Waals surface area contributed by atoms with Crippen LogP contribution in [0.15, 0.2) is 18.2 Å². The summed E-state index contributed by atoms with van der Waals surface area (Å²) in [7, 11) is 3.35. The van der Waals surface area contributed by atoms with Crippen molar-refractivity contribution in [3.05, 3.63) is 40.7 Å². The highest BCUT2D eigenvalue weighted by molar-refractivity contribution is 5.42. The summed E-state index contributed by atoms with van der Waals surface area (Å²) in [4.78, 5) is 0. The summed E-state index contributed by atoms with van der Waals surface area (Å²) >= 11 is 0. The van der Waals surface area contributed by atoms with Crippen molar-refractivity contribution in [2.75, 3.05) is 14.2 Å². The number of benzene rings is 1. The summed E-state index contributed by atoms with van der Waals surface area (Å²) in [5, 5.41) is 10.7. The van der Waals surface area contributed by atoms with Crippen molar-refractivity contribution < 1.29 is 9.47 Å². The maximum atomic E-state index is 5.44. The van der Waals surface area contributed by atoms with E-state index in [0.717, 1.165) is 35.0 Å². The topological polar surface area (TPSA) is 59.2 Å². The van der Waals surface area contributed by atoms with Crippen LogP contribution in [0.25, 0.3) is 0 Å². The Labute approximate surface area is 125 Å². The zero-order chi connectivity index (χ0) is 15.4. The first-order valence-corrected chi connectivity index (χ1v) is 7.02. The van der Waals surface area contributed by atoms with Gasteiger partial charge in [-0.2, -0.15) is 5.10 Å². The molecule has 1 aromatic carbocycles. The first-order valence-electron chi connectivity index (χ1n) is 7.02. The molecule has 0 fully saturated rings. The lowest BCUT2D eigenvalue weighted by Gasteiger charge is -2.18. The number of aromatic nitrogens is 2. The normalized spacial score (nSPS) is 12.2. The Balaban J connectivity index is 2.14. The van der Waals surface area contributed by atoms with Crippen LogP contribution in [0.1, 0.15) is 35.5 Å². The number of nitrogens with zero attached hydrogens (tertiary/aromatic N) is 1.